The number of rotatable bonds is 22. The second-order valence-electron chi connectivity index (χ2n) is 11.2. The predicted molar refractivity (Wildman–Crippen MR) is 167 cm³/mol. The number of nitrogens with one attached hydrogen (secondary N) is 1. The summed E-state index contributed by atoms with van der Waals surface area (Å²) in [6.07, 6.45) is 10.8. The van der Waals surface area contributed by atoms with E-state index in [9.17, 15) is 32.7 Å². The largest absolute Gasteiger partial charge is 0.490 e. The molecule has 0 fully saturated rings. The van der Waals surface area contributed by atoms with Crippen LogP contribution in [0.3, 0.4) is 0 Å². The molecule has 15 heteroatoms. The Hall–Kier alpha value is -2.94. The Labute approximate surface area is 266 Å². The van der Waals surface area contributed by atoms with Crippen LogP contribution in [-0.4, -0.2) is 69.2 Å². The van der Waals surface area contributed by atoms with E-state index >= 15 is 0 Å². The van der Waals surface area contributed by atoms with Crippen LogP contribution in [0.15, 0.2) is 0 Å². The van der Waals surface area contributed by atoms with E-state index in [-0.39, 0.29) is 18.2 Å². The lowest BCUT2D eigenvalue weighted by Crippen LogP contribution is -2.65. The monoisotopic (exact) mass is 657 g/mol. The zero-order valence-corrected chi connectivity index (χ0v) is 27.7. The molecule has 0 aromatic carbocycles. The molecule has 0 spiro atoms. The van der Waals surface area contributed by atoms with Crippen molar-refractivity contribution >= 4 is 29.7 Å². The van der Waals surface area contributed by atoms with E-state index in [4.69, 9.17) is 20.4 Å². The Morgan fingerprint density at radius 3 is 1.40 bits per heavy atom. The molecule has 2 atom stereocenters. The van der Waals surface area contributed by atoms with Gasteiger partial charge in [0.15, 0.2) is 11.3 Å². The van der Waals surface area contributed by atoms with Crippen molar-refractivity contribution in [1.29, 1.82) is 0 Å². The molecule has 0 radical (unpaired) electrons. The number of unbranched alkanes of at least 4 members (excludes halogenated alkanes) is 11. The number of urea groups is 1. The maximum Gasteiger partial charge on any atom is 0.490 e. The molecular weight excluding hydrogens is 599 g/mol. The Morgan fingerprint density at radius 1 is 0.733 bits per heavy atom. The fraction of sp³-hybridized carbons (Fsp3) is 0.833. The number of nitrogens with zero attached hydrogens (tertiary/aromatic N) is 1. The molecule has 0 saturated carbocycles. The van der Waals surface area contributed by atoms with E-state index in [1.807, 2.05) is 20.8 Å². The van der Waals surface area contributed by atoms with Gasteiger partial charge in [0.05, 0.1) is 0 Å². The summed E-state index contributed by atoms with van der Waals surface area (Å²) >= 11 is 0. The van der Waals surface area contributed by atoms with Crippen LogP contribution in [-0.2, 0) is 19.2 Å². The van der Waals surface area contributed by atoms with E-state index < -0.39 is 41.5 Å². The second kappa shape index (κ2) is 26.3. The molecule has 12 nitrogen and oxygen atoms in total. The van der Waals surface area contributed by atoms with Crippen molar-refractivity contribution in [2.75, 3.05) is 6.54 Å². The van der Waals surface area contributed by atoms with Crippen LogP contribution in [0.5, 0.6) is 0 Å². The van der Waals surface area contributed by atoms with Gasteiger partial charge in [-0.15, -0.1) is 0 Å². The number of Topliss-reactive ketones (excluding diaryl/α,β-unsaturated/α-hetero) is 1. The second-order valence-corrected chi connectivity index (χ2v) is 11.2. The van der Waals surface area contributed by atoms with E-state index in [1.165, 1.54) is 62.8 Å². The summed E-state index contributed by atoms with van der Waals surface area (Å²) in [5.74, 6) is -5.19. The number of alkyl halides is 3. The van der Waals surface area contributed by atoms with Crippen molar-refractivity contribution in [3.05, 3.63) is 0 Å². The molecule has 0 aliphatic heterocycles. The molecule has 0 heterocycles. The van der Waals surface area contributed by atoms with E-state index in [0.29, 0.717) is 19.4 Å². The van der Waals surface area contributed by atoms with Crippen LogP contribution >= 0.6 is 0 Å². The van der Waals surface area contributed by atoms with Crippen LogP contribution in [0.1, 0.15) is 131 Å². The zero-order valence-electron chi connectivity index (χ0n) is 27.7. The maximum atomic E-state index is 13.2. The fourth-order valence-electron chi connectivity index (χ4n) is 4.25. The number of carbonyl (C=O) groups excluding carboxylic acids is 3. The Bertz CT molecular complexity index is 856. The number of ketones is 1. The van der Waals surface area contributed by atoms with Gasteiger partial charge in [-0.1, -0.05) is 105 Å². The summed E-state index contributed by atoms with van der Waals surface area (Å²) < 4.78 is 31.7. The Morgan fingerprint density at radius 2 is 1.11 bits per heavy atom. The molecule has 2 unspecified atom stereocenters. The number of hydrogen-bond acceptors (Lipinski definition) is 7. The summed E-state index contributed by atoms with van der Waals surface area (Å²) in [6, 6.07) is -1.75. The molecule has 0 aromatic heterocycles. The first-order chi connectivity index (χ1) is 20.8. The van der Waals surface area contributed by atoms with Gasteiger partial charge in [-0.2, -0.15) is 13.2 Å². The highest BCUT2D eigenvalue weighted by Gasteiger charge is 2.47. The minimum atomic E-state index is -5.08. The van der Waals surface area contributed by atoms with Crippen LogP contribution in [0.4, 0.5) is 18.0 Å². The van der Waals surface area contributed by atoms with E-state index in [0.717, 1.165) is 19.3 Å². The molecule has 45 heavy (non-hydrogen) atoms. The number of hydrazine groups is 1. The molecule has 3 amide bonds. The van der Waals surface area contributed by atoms with Gasteiger partial charge in [-0.05, 0) is 25.2 Å². The minimum Gasteiger partial charge on any atom is -0.480 e. The zero-order chi connectivity index (χ0) is 35.6. The fourth-order valence-corrected chi connectivity index (χ4v) is 4.25. The molecule has 0 aliphatic carbocycles. The van der Waals surface area contributed by atoms with E-state index in [1.54, 1.807) is 6.92 Å². The van der Waals surface area contributed by atoms with Gasteiger partial charge >= 0.3 is 24.1 Å². The number of carbonyl (C=O) groups is 5. The number of halogens is 3. The van der Waals surface area contributed by atoms with Crippen molar-refractivity contribution in [3.63, 3.8) is 0 Å². The maximum absolute atomic E-state index is 13.2. The summed E-state index contributed by atoms with van der Waals surface area (Å²) in [5, 5.41) is 18.1. The number of nitrogens with two attached hydrogens (primary N) is 3. The molecule has 0 aliphatic rings. The SMILES string of the molecule is CCCCCCCCCCCCCCNN(C(=O)CCC)C(C(=O)C(N)(CC)C(=O)O)C(C)C.NC(N)=O.O=C(O)C(F)(F)F. The molecule has 0 bridgehead atoms. The topological polar surface area (TPSA) is 219 Å². The van der Waals surface area contributed by atoms with Crippen molar-refractivity contribution < 1.29 is 47.4 Å². The Balaban J connectivity index is -0.00000136. The van der Waals surface area contributed by atoms with Crippen LogP contribution in [0.2, 0.25) is 0 Å². The number of amides is 3. The van der Waals surface area contributed by atoms with Gasteiger partial charge in [0.1, 0.15) is 6.04 Å². The molecule has 0 saturated heterocycles. The lowest BCUT2D eigenvalue weighted by Gasteiger charge is -2.37. The Kier molecular flexibility index (Phi) is 27.2. The van der Waals surface area contributed by atoms with Gasteiger partial charge in [0.25, 0.3) is 0 Å². The van der Waals surface area contributed by atoms with Gasteiger partial charge in [-0.25, -0.2) is 19.8 Å². The minimum absolute atomic E-state index is 0.0288. The number of primary amides is 2. The third kappa shape index (κ3) is 23.1. The van der Waals surface area contributed by atoms with E-state index in [2.05, 4.69) is 23.8 Å². The third-order valence-electron chi connectivity index (χ3n) is 6.84. The summed E-state index contributed by atoms with van der Waals surface area (Å²) in [5.41, 5.74) is 15.6. The summed E-state index contributed by atoms with van der Waals surface area (Å²) in [4.78, 5) is 55.7. The summed E-state index contributed by atoms with van der Waals surface area (Å²) in [7, 11) is 0. The van der Waals surface area contributed by atoms with Gasteiger partial charge in [0.2, 0.25) is 5.91 Å². The average molecular weight is 658 g/mol. The molecule has 0 rings (SSSR count). The predicted octanol–water partition coefficient (Wildman–Crippen LogP) is 5.26. The van der Waals surface area contributed by atoms with Crippen LogP contribution in [0, 0.1) is 5.92 Å². The first-order valence-corrected chi connectivity index (χ1v) is 15.8. The number of carboxylic acids is 2. The average Bonchev–Trinajstić information content (AvgIpc) is 2.93. The number of hydrogen-bond donors (Lipinski definition) is 6. The highest BCUT2D eigenvalue weighted by Crippen LogP contribution is 2.21. The van der Waals surface area contributed by atoms with Gasteiger partial charge in [-0.3, -0.25) is 14.6 Å². The highest BCUT2D eigenvalue weighted by molar-refractivity contribution is 6.10. The van der Waals surface area contributed by atoms with Crippen molar-refractivity contribution in [2.45, 2.75) is 149 Å². The van der Waals surface area contributed by atoms with Gasteiger partial charge in [0, 0.05) is 13.0 Å². The van der Waals surface area contributed by atoms with Crippen molar-refractivity contribution in [2.24, 2.45) is 23.1 Å². The van der Waals surface area contributed by atoms with Gasteiger partial charge < -0.3 is 27.4 Å². The number of carboxylic acid groups (broad SMARTS) is 2. The summed E-state index contributed by atoms with van der Waals surface area (Å²) in [6.45, 7) is 9.94. The smallest absolute Gasteiger partial charge is 0.480 e. The quantitative estimate of drug-likeness (QED) is 0.0507. The standard InChI is InChI=1S/C27H53N3O4.C2HF3O2.CH4N2O/c1-6-9-10-11-12-13-14-15-16-17-18-19-21-29-30(23(31)20-7-2)24(22(4)5)25(32)27(28,8-3)26(33)34;3-2(4,5)1(6)7;2-1(3)4/h22,24,29H,6-21,28H2,1-5H3,(H,33,34);(H,6,7);(H4,2,3,4). The lowest BCUT2D eigenvalue weighted by atomic mass is 9.83. The molecule has 266 valence electrons. The third-order valence-corrected chi connectivity index (χ3v) is 6.84. The van der Waals surface area contributed by atoms with Crippen molar-refractivity contribution in [1.82, 2.24) is 10.4 Å². The molecule has 9 N–H and O–H groups in total. The normalized spacial score (nSPS) is 12.9. The van der Waals surface area contributed by atoms with Crippen molar-refractivity contribution in [3.8, 4) is 0 Å². The first-order valence-electron chi connectivity index (χ1n) is 15.8. The van der Waals surface area contributed by atoms with Crippen LogP contribution < -0.4 is 22.6 Å². The highest BCUT2D eigenvalue weighted by atomic mass is 19.4. The number of aliphatic carboxylic acids is 2. The lowest BCUT2D eigenvalue weighted by molar-refractivity contribution is -0.192. The molecular formula is C30H58F3N5O7. The van der Waals surface area contributed by atoms with Crippen LogP contribution in [0.25, 0.3) is 0 Å². The molecule has 0 aromatic rings. The first kappa shape index (κ1) is 46.5.